The summed E-state index contributed by atoms with van der Waals surface area (Å²) < 4.78 is 31.3. The Labute approximate surface area is 122 Å². The lowest BCUT2D eigenvalue weighted by Gasteiger charge is -1.99. The first-order valence-electron chi connectivity index (χ1n) is 6.57. The monoisotopic (exact) mass is 310 g/mol. The van der Waals surface area contributed by atoms with Crippen molar-refractivity contribution in [3.05, 3.63) is 18.7 Å². The predicted molar refractivity (Wildman–Crippen MR) is 69.3 cm³/mol. The van der Waals surface area contributed by atoms with Gasteiger partial charge in [0.25, 0.3) is 6.33 Å². The Hall–Kier alpha value is -0.590. The number of halogens is 1. The van der Waals surface area contributed by atoms with Crippen LogP contribution in [0.5, 0.6) is 0 Å². The Morgan fingerprint density at radius 2 is 1.89 bits per heavy atom. The third-order valence-electron chi connectivity index (χ3n) is 2.63. The highest BCUT2D eigenvalue weighted by atomic mass is 35.5. The number of imidazole rings is 1. The topological polar surface area (TPSA) is 52.2 Å². The van der Waals surface area contributed by atoms with Crippen molar-refractivity contribution in [1.29, 1.82) is 0 Å². The summed E-state index contributed by atoms with van der Waals surface area (Å²) >= 11 is 0. The molecule has 0 atom stereocenters. The van der Waals surface area contributed by atoms with E-state index in [2.05, 4.69) is 6.92 Å². The summed E-state index contributed by atoms with van der Waals surface area (Å²) in [5.41, 5.74) is 0. The van der Waals surface area contributed by atoms with Crippen LogP contribution in [0.15, 0.2) is 18.7 Å². The molecular weight excluding hydrogens is 288 g/mol. The smallest absolute Gasteiger partial charge is 0.441 e. The van der Waals surface area contributed by atoms with Gasteiger partial charge >= 0.3 is 10.3 Å². The van der Waals surface area contributed by atoms with Gasteiger partial charge < -0.3 is 12.4 Å². The van der Waals surface area contributed by atoms with Crippen molar-refractivity contribution < 1.29 is 29.6 Å². The molecule has 0 amide bonds. The number of hydrogen-bond acceptors (Lipinski definition) is 3. The Morgan fingerprint density at radius 1 is 1.16 bits per heavy atom. The van der Waals surface area contributed by atoms with Crippen molar-refractivity contribution in [2.45, 2.75) is 52.5 Å². The average molecular weight is 311 g/mol. The van der Waals surface area contributed by atoms with Crippen LogP contribution in [0.4, 0.5) is 0 Å². The van der Waals surface area contributed by atoms with E-state index in [9.17, 15) is 8.42 Å². The lowest BCUT2D eigenvalue weighted by molar-refractivity contribution is -0.696. The molecule has 112 valence electrons. The second-order valence-corrected chi connectivity index (χ2v) is 5.83. The van der Waals surface area contributed by atoms with E-state index in [-0.39, 0.29) is 19.0 Å². The lowest BCUT2D eigenvalue weighted by Crippen LogP contribution is -3.00. The van der Waals surface area contributed by atoms with Gasteiger partial charge in [-0.3, -0.25) is 0 Å². The third-order valence-corrected chi connectivity index (χ3v) is 3.83. The quantitative estimate of drug-likeness (QED) is 0.429. The summed E-state index contributed by atoms with van der Waals surface area (Å²) in [6.45, 7) is 5.10. The van der Waals surface area contributed by atoms with Crippen molar-refractivity contribution in [1.82, 2.24) is 3.97 Å². The molecule has 5 nitrogen and oxygen atoms in total. The van der Waals surface area contributed by atoms with Crippen LogP contribution in [-0.4, -0.2) is 19.0 Å². The Morgan fingerprint density at radius 3 is 2.53 bits per heavy atom. The predicted octanol–water partition coefficient (Wildman–Crippen LogP) is -1.12. The van der Waals surface area contributed by atoms with Gasteiger partial charge in [-0.25, -0.2) is 8.75 Å². The van der Waals surface area contributed by atoms with Gasteiger partial charge in [0, 0.05) is 0 Å². The molecule has 0 aliphatic rings. The van der Waals surface area contributed by atoms with Crippen LogP contribution >= 0.6 is 0 Å². The standard InChI is InChI=1S/C12H23N2O3S.ClH/c1-3-5-6-7-8-13-9-10-14(12-13)18(15,16)17-11-4-2;/h9-10,12H,3-8,11H2,1-2H3;1H/q+1;/p-1. The first kappa shape index (κ1) is 18.4. The Balaban J connectivity index is 0.00000324. The molecule has 7 heteroatoms. The van der Waals surface area contributed by atoms with Crippen LogP contribution < -0.4 is 17.0 Å². The summed E-state index contributed by atoms with van der Waals surface area (Å²) in [6.07, 6.45) is 10.2. The maximum atomic E-state index is 11.7. The van der Waals surface area contributed by atoms with Crippen molar-refractivity contribution in [2.75, 3.05) is 6.61 Å². The molecule has 0 aliphatic carbocycles. The molecule has 0 N–H and O–H groups in total. The molecule has 0 radical (unpaired) electrons. The van der Waals surface area contributed by atoms with Gasteiger partial charge in [0.15, 0.2) is 0 Å². The van der Waals surface area contributed by atoms with Crippen molar-refractivity contribution in [2.24, 2.45) is 0 Å². The number of nitrogens with zero attached hydrogens (tertiary/aromatic N) is 2. The molecule has 0 bridgehead atoms. The van der Waals surface area contributed by atoms with Crippen molar-refractivity contribution in [3.63, 3.8) is 0 Å². The number of aryl methyl sites for hydroxylation is 1. The number of aromatic nitrogens is 2. The van der Waals surface area contributed by atoms with Crippen LogP contribution in [-0.2, 0) is 21.0 Å². The highest BCUT2D eigenvalue weighted by molar-refractivity contribution is 7.85. The van der Waals surface area contributed by atoms with E-state index in [1.807, 2.05) is 11.5 Å². The number of unbranched alkanes of at least 4 members (excludes halogenated alkanes) is 3. The Bertz CT molecular complexity index is 446. The molecule has 1 aromatic heterocycles. The van der Waals surface area contributed by atoms with Crippen LogP contribution in [0.2, 0.25) is 0 Å². The molecule has 0 aromatic carbocycles. The van der Waals surface area contributed by atoms with E-state index < -0.39 is 10.3 Å². The summed E-state index contributed by atoms with van der Waals surface area (Å²) in [5, 5.41) is 0. The molecule has 0 saturated carbocycles. The fourth-order valence-electron chi connectivity index (χ4n) is 1.61. The van der Waals surface area contributed by atoms with Gasteiger partial charge in [0.2, 0.25) is 0 Å². The lowest BCUT2D eigenvalue weighted by atomic mass is 10.2. The maximum Gasteiger partial charge on any atom is 0.441 e. The first-order chi connectivity index (χ1) is 8.60. The summed E-state index contributed by atoms with van der Waals surface area (Å²) in [7, 11) is -3.64. The average Bonchev–Trinajstić information content (AvgIpc) is 2.82. The highest BCUT2D eigenvalue weighted by Crippen LogP contribution is 2.01. The molecule has 0 fully saturated rings. The molecule has 1 rings (SSSR count). The van der Waals surface area contributed by atoms with E-state index >= 15 is 0 Å². The molecule has 0 spiro atoms. The van der Waals surface area contributed by atoms with Crippen LogP contribution in [0.25, 0.3) is 0 Å². The van der Waals surface area contributed by atoms with Gasteiger partial charge in [-0.1, -0.05) is 26.7 Å². The van der Waals surface area contributed by atoms with E-state index in [0.29, 0.717) is 6.42 Å². The molecule has 19 heavy (non-hydrogen) atoms. The van der Waals surface area contributed by atoms with E-state index in [0.717, 1.165) is 16.9 Å². The van der Waals surface area contributed by atoms with Gasteiger partial charge in [-0.05, 0) is 19.3 Å². The van der Waals surface area contributed by atoms with Gasteiger partial charge in [0.05, 0.1) is 13.2 Å². The van der Waals surface area contributed by atoms with Crippen LogP contribution in [0, 0.1) is 0 Å². The van der Waals surface area contributed by atoms with Crippen molar-refractivity contribution in [3.8, 4) is 0 Å². The minimum atomic E-state index is -3.64. The minimum Gasteiger partial charge on any atom is -1.00 e. The number of rotatable bonds is 9. The SMILES string of the molecule is CCCCCC[n+]1ccn(S(=O)(=O)OCCC)c1.[Cl-]. The second-order valence-electron chi connectivity index (χ2n) is 4.32. The fraction of sp³-hybridized carbons (Fsp3) is 0.750. The van der Waals surface area contributed by atoms with Gasteiger partial charge in [-0.2, -0.15) is 8.42 Å². The van der Waals surface area contributed by atoms with Gasteiger partial charge in [0.1, 0.15) is 12.4 Å². The number of hydrogen-bond donors (Lipinski definition) is 0. The summed E-state index contributed by atoms with van der Waals surface area (Å²) in [5.74, 6) is 0. The molecule has 1 heterocycles. The highest BCUT2D eigenvalue weighted by Gasteiger charge is 2.20. The molecule has 0 unspecified atom stereocenters. The molecular formula is C12H23ClN2O3S. The van der Waals surface area contributed by atoms with Crippen molar-refractivity contribution >= 4 is 10.3 Å². The van der Waals surface area contributed by atoms with Crippen LogP contribution in [0.3, 0.4) is 0 Å². The normalized spacial score (nSPS) is 11.3. The van der Waals surface area contributed by atoms with E-state index in [1.165, 1.54) is 25.5 Å². The van der Waals surface area contributed by atoms with E-state index in [1.54, 1.807) is 12.5 Å². The van der Waals surface area contributed by atoms with E-state index in [4.69, 9.17) is 4.18 Å². The largest absolute Gasteiger partial charge is 1.00 e. The Kier molecular flexibility index (Phi) is 9.05. The molecule has 1 aromatic rings. The first-order valence-corrected chi connectivity index (χ1v) is 7.93. The molecule has 0 saturated heterocycles. The van der Waals surface area contributed by atoms with Gasteiger partial charge in [-0.15, -0.1) is 3.97 Å². The summed E-state index contributed by atoms with van der Waals surface area (Å²) in [6, 6.07) is 0. The van der Waals surface area contributed by atoms with Crippen LogP contribution in [0.1, 0.15) is 46.0 Å². The zero-order valence-corrected chi connectivity index (χ0v) is 13.2. The minimum absolute atomic E-state index is 0. The fourth-order valence-corrected chi connectivity index (χ4v) is 2.55. The zero-order chi connectivity index (χ0) is 13.4. The third kappa shape index (κ3) is 6.40. The second kappa shape index (κ2) is 9.34. The maximum absolute atomic E-state index is 11.7. The molecule has 0 aliphatic heterocycles. The summed E-state index contributed by atoms with van der Waals surface area (Å²) in [4.78, 5) is 0. The zero-order valence-electron chi connectivity index (χ0n) is 11.6.